The number of aryl methyl sites for hydroxylation is 1. The van der Waals surface area contributed by atoms with Gasteiger partial charge < -0.3 is 19.3 Å². The number of carbonyl (C=O) groups excluding carboxylic acids is 1. The highest BCUT2D eigenvalue weighted by Gasteiger charge is 2.36. The highest BCUT2D eigenvalue weighted by molar-refractivity contribution is 5.77. The first-order chi connectivity index (χ1) is 13.6. The SMILES string of the molecule is COc1ccc(CCC(=O)N2CCO[C@@H](CN(C)C)[C@@H]2c2ccccc2)cc1. The minimum atomic E-state index is -0.0549. The molecule has 1 amide bonds. The summed E-state index contributed by atoms with van der Waals surface area (Å²) < 4.78 is 11.3. The van der Waals surface area contributed by atoms with Gasteiger partial charge in [0.05, 0.1) is 25.9 Å². The van der Waals surface area contributed by atoms with Crippen LogP contribution in [-0.2, 0) is 16.0 Å². The van der Waals surface area contributed by atoms with E-state index in [9.17, 15) is 4.79 Å². The molecule has 1 aliphatic rings. The molecule has 0 N–H and O–H groups in total. The lowest BCUT2D eigenvalue weighted by atomic mass is 9.96. The minimum absolute atomic E-state index is 0.0314. The summed E-state index contributed by atoms with van der Waals surface area (Å²) in [6.45, 7) is 1.99. The van der Waals surface area contributed by atoms with Crippen LogP contribution in [0.4, 0.5) is 0 Å². The second-order valence-corrected chi connectivity index (χ2v) is 7.46. The van der Waals surface area contributed by atoms with E-state index in [4.69, 9.17) is 9.47 Å². The molecule has 0 bridgehead atoms. The van der Waals surface area contributed by atoms with E-state index in [-0.39, 0.29) is 18.1 Å². The van der Waals surface area contributed by atoms with Crippen molar-refractivity contribution in [3.05, 3.63) is 65.7 Å². The Hall–Kier alpha value is -2.37. The van der Waals surface area contributed by atoms with Crippen LogP contribution in [0.5, 0.6) is 5.75 Å². The summed E-state index contributed by atoms with van der Waals surface area (Å²) in [5.74, 6) is 1.01. The highest BCUT2D eigenvalue weighted by atomic mass is 16.5. The molecule has 3 rings (SSSR count). The standard InChI is InChI=1S/C23H30N2O3/c1-24(2)17-21-23(19-7-5-4-6-8-19)25(15-16-28-21)22(26)14-11-18-9-12-20(27-3)13-10-18/h4-10,12-13,21,23H,11,14-17H2,1-3H3/t21-,23-/m0/s1. The van der Waals surface area contributed by atoms with Crippen LogP contribution in [0.3, 0.4) is 0 Å². The second kappa shape index (κ2) is 9.71. The predicted octanol–water partition coefficient (Wildman–Crippen LogP) is 3.16. The van der Waals surface area contributed by atoms with Crippen molar-refractivity contribution in [2.45, 2.75) is 25.0 Å². The average Bonchev–Trinajstić information content (AvgIpc) is 2.72. The normalized spacial score (nSPS) is 19.6. The Morgan fingerprint density at radius 3 is 2.50 bits per heavy atom. The molecule has 1 fully saturated rings. The summed E-state index contributed by atoms with van der Waals surface area (Å²) in [5, 5.41) is 0. The van der Waals surface area contributed by atoms with Crippen LogP contribution in [-0.4, -0.2) is 62.7 Å². The van der Waals surface area contributed by atoms with Crippen molar-refractivity contribution in [2.24, 2.45) is 0 Å². The van der Waals surface area contributed by atoms with Gasteiger partial charge in [-0.15, -0.1) is 0 Å². The number of hydrogen-bond acceptors (Lipinski definition) is 4. The lowest BCUT2D eigenvalue weighted by Crippen LogP contribution is -2.51. The van der Waals surface area contributed by atoms with E-state index in [0.717, 1.165) is 29.8 Å². The molecule has 5 nitrogen and oxygen atoms in total. The van der Waals surface area contributed by atoms with Gasteiger partial charge in [0.15, 0.2) is 0 Å². The van der Waals surface area contributed by atoms with Gasteiger partial charge in [-0.2, -0.15) is 0 Å². The molecular formula is C23H30N2O3. The molecule has 0 spiro atoms. The van der Waals surface area contributed by atoms with Crippen LogP contribution in [0.15, 0.2) is 54.6 Å². The molecule has 0 aromatic heterocycles. The zero-order chi connectivity index (χ0) is 19.9. The fourth-order valence-corrected chi connectivity index (χ4v) is 3.76. The lowest BCUT2D eigenvalue weighted by molar-refractivity contribution is -0.148. The summed E-state index contributed by atoms with van der Waals surface area (Å²) in [6.07, 6.45) is 1.18. The summed E-state index contributed by atoms with van der Waals surface area (Å²) in [6, 6.07) is 18.1. The molecule has 1 aliphatic heterocycles. The second-order valence-electron chi connectivity index (χ2n) is 7.46. The van der Waals surface area contributed by atoms with Crippen molar-refractivity contribution in [3.8, 4) is 5.75 Å². The van der Waals surface area contributed by atoms with Gasteiger partial charge in [-0.3, -0.25) is 4.79 Å². The summed E-state index contributed by atoms with van der Waals surface area (Å²) in [4.78, 5) is 17.3. The van der Waals surface area contributed by atoms with Gasteiger partial charge >= 0.3 is 0 Å². The fourth-order valence-electron chi connectivity index (χ4n) is 3.76. The number of ether oxygens (including phenoxy) is 2. The number of benzene rings is 2. The third-order valence-corrected chi connectivity index (χ3v) is 5.15. The van der Waals surface area contributed by atoms with Gasteiger partial charge in [0.25, 0.3) is 0 Å². The van der Waals surface area contributed by atoms with Gasteiger partial charge in [0, 0.05) is 19.5 Å². The fraction of sp³-hybridized carbons (Fsp3) is 0.435. The van der Waals surface area contributed by atoms with E-state index < -0.39 is 0 Å². The molecular weight excluding hydrogens is 352 g/mol. The molecule has 0 aliphatic carbocycles. The first-order valence-corrected chi connectivity index (χ1v) is 9.82. The van der Waals surface area contributed by atoms with E-state index in [2.05, 4.69) is 17.0 Å². The summed E-state index contributed by atoms with van der Waals surface area (Å²) in [5.41, 5.74) is 2.27. The number of methoxy groups -OCH3 is 1. The van der Waals surface area contributed by atoms with Gasteiger partial charge in [0.2, 0.25) is 5.91 Å². The van der Waals surface area contributed by atoms with Crippen molar-refractivity contribution in [3.63, 3.8) is 0 Å². The van der Waals surface area contributed by atoms with E-state index in [1.807, 2.05) is 61.5 Å². The first kappa shape index (κ1) is 20.4. The number of carbonyl (C=O) groups is 1. The monoisotopic (exact) mass is 382 g/mol. The van der Waals surface area contributed by atoms with E-state index in [1.165, 1.54) is 0 Å². The van der Waals surface area contributed by atoms with E-state index in [0.29, 0.717) is 19.6 Å². The molecule has 1 heterocycles. The number of amides is 1. The number of rotatable bonds is 7. The maximum absolute atomic E-state index is 13.1. The van der Waals surface area contributed by atoms with Crippen molar-refractivity contribution in [2.75, 3.05) is 40.9 Å². The van der Waals surface area contributed by atoms with Crippen LogP contribution in [0, 0.1) is 0 Å². The van der Waals surface area contributed by atoms with Crippen LogP contribution in [0.1, 0.15) is 23.6 Å². The first-order valence-electron chi connectivity index (χ1n) is 9.82. The molecule has 0 saturated carbocycles. The van der Waals surface area contributed by atoms with E-state index >= 15 is 0 Å². The van der Waals surface area contributed by atoms with Crippen LogP contribution in [0.25, 0.3) is 0 Å². The number of nitrogens with zero attached hydrogens (tertiary/aromatic N) is 2. The Kier molecular flexibility index (Phi) is 7.06. The van der Waals surface area contributed by atoms with Crippen molar-refractivity contribution < 1.29 is 14.3 Å². The molecule has 150 valence electrons. The third-order valence-electron chi connectivity index (χ3n) is 5.15. The molecule has 1 saturated heterocycles. The highest BCUT2D eigenvalue weighted by Crippen LogP contribution is 2.30. The Balaban J connectivity index is 1.73. The van der Waals surface area contributed by atoms with Gasteiger partial charge in [-0.05, 0) is 43.8 Å². The summed E-state index contributed by atoms with van der Waals surface area (Å²) >= 11 is 0. The summed E-state index contributed by atoms with van der Waals surface area (Å²) in [7, 11) is 5.73. The Labute approximate surface area is 167 Å². The van der Waals surface area contributed by atoms with Crippen molar-refractivity contribution in [1.82, 2.24) is 9.80 Å². The lowest BCUT2D eigenvalue weighted by Gasteiger charge is -2.42. The molecule has 0 unspecified atom stereocenters. The Morgan fingerprint density at radius 2 is 1.86 bits per heavy atom. The van der Waals surface area contributed by atoms with Crippen molar-refractivity contribution >= 4 is 5.91 Å². The molecule has 2 aromatic carbocycles. The smallest absolute Gasteiger partial charge is 0.223 e. The Morgan fingerprint density at radius 1 is 1.14 bits per heavy atom. The van der Waals surface area contributed by atoms with Gasteiger partial charge in [-0.25, -0.2) is 0 Å². The molecule has 28 heavy (non-hydrogen) atoms. The molecule has 2 aromatic rings. The zero-order valence-corrected chi connectivity index (χ0v) is 17.0. The Bertz CT molecular complexity index is 746. The van der Waals surface area contributed by atoms with Crippen LogP contribution < -0.4 is 4.74 Å². The number of morpholine rings is 1. The number of likely N-dealkylation sites (N-methyl/N-ethyl adjacent to an activating group) is 1. The topological polar surface area (TPSA) is 42.0 Å². The van der Waals surface area contributed by atoms with Gasteiger partial charge in [-0.1, -0.05) is 42.5 Å². The molecule has 0 radical (unpaired) electrons. The van der Waals surface area contributed by atoms with Crippen molar-refractivity contribution in [1.29, 1.82) is 0 Å². The van der Waals surface area contributed by atoms with Crippen LogP contribution >= 0.6 is 0 Å². The maximum atomic E-state index is 13.1. The average molecular weight is 383 g/mol. The number of hydrogen-bond donors (Lipinski definition) is 0. The van der Waals surface area contributed by atoms with E-state index in [1.54, 1.807) is 7.11 Å². The molecule has 5 heteroatoms. The third kappa shape index (κ3) is 5.12. The largest absolute Gasteiger partial charge is 0.497 e. The minimum Gasteiger partial charge on any atom is -0.497 e. The quantitative estimate of drug-likeness (QED) is 0.738. The van der Waals surface area contributed by atoms with Gasteiger partial charge in [0.1, 0.15) is 5.75 Å². The zero-order valence-electron chi connectivity index (χ0n) is 17.0. The van der Waals surface area contributed by atoms with Crippen LogP contribution in [0.2, 0.25) is 0 Å². The maximum Gasteiger partial charge on any atom is 0.223 e. The predicted molar refractivity (Wildman–Crippen MR) is 111 cm³/mol. The molecule has 2 atom stereocenters.